The van der Waals surface area contributed by atoms with Crippen LogP contribution in [0, 0.1) is 5.92 Å². The molecule has 0 radical (unpaired) electrons. The monoisotopic (exact) mass is 248 g/mol. The number of hydrogen-bond acceptors (Lipinski definition) is 3. The molecule has 0 spiro atoms. The van der Waals surface area contributed by atoms with Crippen molar-refractivity contribution in [2.24, 2.45) is 5.92 Å². The highest BCUT2D eigenvalue weighted by molar-refractivity contribution is 5.97. The lowest BCUT2D eigenvalue weighted by atomic mass is 10.1. The van der Waals surface area contributed by atoms with E-state index in [9.17, 15) is 4.79 Å². The van der Waals surface area contributed by atoms with Crippen LogP contribution in [-0.4, -0.2) is 19.6 Å². The van der Waals surface area contributed by atoms with Gasteiger partial charge in [0.2, 0.25) is 0 Å². The van der Waals surface area contributed by atoms with Crippen molar-refractivity contribution in [3.8, 4) is 5.75 Å². The van der Waals surface area contributed by atoms with Gasteiger partial charge in [-0.15, -0.1) is 0 Å². The Bertz CT molecular complexity index is 428. The maximum atomic E-state index is 12.0. The van der Waals surface area contributed by atoms with Crippen molar-refractivity contribution >= 4 is 11.6 Å². The Hall–Kier alpha value is -1.71. The Kier molecular flexibility index (Phi) is 4.07. The Labute approximate surface area is 108 Å². The molecule has 1 saturated carbocycles. The maximum absolute atomic E-state index is 12.0. The molecule has 98 valence electrons. The second-order valence-electron chi connectivity index (χ2n) is 4.80. The number of rotatable bonds is 6. The summed E-state index contributed by atoms with van der Waals surface area (Å²) in [6, 6.07) is 5.09. The first-order chi connectivity index (χ1) is 8.70. The van der Waals surface area contributed by atoms with E-state index in [0.717, 1.165) is 12.3 Å². The standard InChI is InChI=1S/C14H20N2O2/c1-18-13-7-6-11(15)9-12(13)14(17)16-8-2-3-10-4-5-10/h6-7,9-10H,2-5,8,15H2,1H3,(H,16,17). The van der Waals surface area contributed by atoms with Crippen LogP contribution >= 0.6 is 0 Å². The van der Waals surface area contributed by atoms with Crippen LogP contribution in [0.3, 0.4) is 0 Å². The largest absolute Gasteiger partial charge is 0.496 e. The quantitative estimate of drug-likeness (QED) is 0.599. The van der Waals surface area contributed by atoms with Crippen molar-refractivity contribution in [3.63, 3.8) is 0 Å². The molecule has 0 heterocycles. The molecule has 2 rings (SSSR count). The Balaban J connectivity index is 1.88. The predicted octanol–water partition coefficient (Wildman–Crippen LogP) is 2.20. The van der Waals surface area contributed by atoms with Crippen molar-refractivity contribution in [3.05, 3.63) is 23.8 Å². The number of ether oxygens (including phenoxy) is 1. The molecule has 3 N–H and O–H groups in total. The first-order valence-corrected chi connectivity index (χ1v) is 6.42. The molecule has 0 unspecified atom stereocenters. The normalized spacial score (nSPS) is 14.3. The number of anilines is 1. The van der Waals surface area contributed by atoms with Gasteiger partial charge in [0.05, 0.1) is 12.7 Å². The van der Waals surface area contributed by atoms with Gasteiger partial charge >= 0.3 is 0 Å². The molecular formula is C14H20N2O2. The minimum absolute atomic E-state index is 0.116. The second-order valence-corrected chi connectivity index (χ2v) is 4.80. The van der Waals surface area contributed by atoms with Crippen molar-refractivity contribution < 1.29 is 9.53 Å². The molecule has 1 amide bonds. The molecule has 0 atom stereocenters. The lowest BCUT2D eigenvalue weighted by Gasteiger charge is -2.10. The smallest absolute Gasteiger partial charge is 0.255 e. The molecule has 4 nitrogen and oxygen atoms in total. The number of amides is 1. The van der Waals surface area contributed by atoms with Gasteiger partial charge in [-0.2, -0.15) is 0 Å². The third-order valence-electron chi connectivity index (χ3n) is 3.24. The number of carbonyl (C=O) groups excluding carboxylic acids is 1. The zero-order valence-corrected chi connectivity index (χ0v) is 10.7. The zero-order chi connectivity index (χ0) is 13.0. The van der Waals surface area contributed by atoms with Crippen molar-refractivity contribution in [1.29, 1.82) is 0 Å². The van der Waals surface area contributed by atoms with Gasteiger partial charge < -0.3 is 15.8 Å². The summed E-state index contributed by atoms with van der Waals surface area (Å²) >= 11 is 0. The molecular weight excluding hydrogens is 228 g/mol. The molecule has 1 aromatic carbocycles. The minimum atomic E-state index is -0.116. The molecule has 0 aliphatic heterocycles. The lowest BCUT2D eigenvalue weighted by molar-refractivity contribution is 0.0950. The van der Waals surface area contributed by atoms with E-state index in [0.29, 0.717) is 23.5 Å². The fourth-order valence-electron chi connectivity index (χ4n) is 2.00. The van der Waals surface area contributed by atoms with Crippen LogP contribution < -0.4 is 15.8 Å². The van der Waals surface area contributed by atoms with Gasteiger partial charge in [-0.25, -0.2) is 0 Å². The fourth-order valence-corrected chi connectivity index (χ4v) is 2.00. The van der Waals surface area contributed by atoms with Gasteiger partial charge in [0, 0.05) is 12.2 Å². The van der Waals surface area contributed by atoms with Crippen LogP contribution in [0.1, 0.15) is 36.0 Å². The van der Waals surface area contributed by atoms with Gasteiger partial charge in [0.1, 0.15) is 5.75 Å². The topological polar surface area (TPSA) is 64.3 Å². The van der Waals surface area contributed by atoms with Gasteiger partial charge in [-0.1, -0.05) is 12.8 Å². The summed E-state index contributed by atoms with van der Waals surface area (Å²) in [6.07, 6.45) is 4.98. The van der Waals surface area contributed by atoms with Gasteiger partial charge in [0.15, 0.2) is 0 Å². The van der Waals surface area contributed by atoms with Crippen LogP contribution in [0.25, 0.3) is 0 Å². The zero-order valence-electron chi connectivity index (χ0n) is 10.7. The minimum Gasteiger partial charge on any atom is -0.496 e. The summed E-state index contributed by atoms with van der Waals surface area (Å²) in [5.74, 6) is 1.35. The number of hydrogen-bond donors (Lipinski definition) is 2. The molecule has 0 aromatic heterocycles. The van der Waals surface area contributed by atoms with Crippen molar-refractivity contribution in [1.82, 2.24) is 5.32 Å². The fraction of sp³-hybridized carbons (Fsp3) is 0.500. The van der Waals surface area contributed by atoms with E-state index in [4.69, 9.17) is 10.5 Å². The summed E-state index contributed by atoms with van der Waals surface area (Å²) in [5, 5.41) is 2.91. The van der Waals surface area contributed by atoms with E-state index < -0.39 is 0 Å². The van der Waals surface area contributed by atoms with Crippen molar-refractivity contribution in [2.75, 3.05) is 19.4 Å². The number of methoxy groups -OCH3 is 1. The molecule has 0 saturated heterocycles. The van der Waals surface area contributed by atoms with Crippen LogP contribution in [0.15, 0.2) is 18.2 Å². The Morgan fingerprint density at radius 2 is 2.28 bits per heavy atom. The Morgan fingerprint density at radius 1 is 1.50 bits per heavy atom. The molecule has 4 heteroatoms. The first-order valence-electron chi connectivity index (χ1n) is 6.42. The average molecular weight is 248 g/mol. The number of nitrogen functional groups attached to an aromatic ring is 1. The highest BCUT2D eigenvalue weighted by atomic mass is 16.5. The third kappa shape index (κ3) is 3.39. The number of nitrogens with two attached hydrogens (primary N) is 1. The molecule has 1 aliphatic rings. The van der Waals surface area contributed by atoms with E-state index in [-0.39, 0.29) is 5.91 Å². The molecule has 0 bridgehead atoms. The number of nitrogens with one attached hydrogen (secondary N) is 1. The van der Waals surface area contributed by atoms with E-state index in [2.05, 4.69) is 5.32 Å². The van der Waals surface area contributed by atoms with Crippen LogP contribution in [0.2, 0.25) is 0 Å². The van der Waals surface area contributed by atoms with E-state index in [1.54, 1.807) is 25.3 Å². The van der Waals surface area contributed by atoms with E-state index in [1.165, 1.54) is 19.3 Å². The van der Waals surface area contributed by atoms with Gasteiger partial charge in [-0.05, 0) is 37.0 Å². The summed E-state index contributed by atoms with van der Waals surface area (Å²) in [4.78, 5) is 12.0. The van der Waals surface area contributed by atoms with E-state index in [1.807, 2.05) is 0 Å². The average Bonchev–Trinajstić information content (AvgIpc) is 3.18. The van der Waals surface area contributed by atoms with Crippen LogP contribution in [0.4, 0.5) is 5.69 Å². The third-order valence-corrected chi connectivity index (χ3v) is 3.24. The second kappa shape index (κ2) is 5.76. The SMILES string of the molecule is COc1ccc(N)cc1C(=O)NCCCC1CC1. The van der Waals surface area contributed by atoms with Gasteiger partial charge in [-0.3, -0.25) is 4.79 Å². The van der Waals surface area contributed by atoms with Crippen LogP contribution in [0.5, 0.6) is 5.75 Å². The molecule has 1 aliphatic carbocycles. The predicted molar refractivity (Wildman–Crippen MR) is 71.7 cm³/mol. The molecule has 1 fully saturated rings. The van der Waals surface area contributed by atoms with Gasteiger partial charge in [0.25, 0.3) is 5.91 Å². The maximum Gasteiger partial charge on any atom is 0.255 e. The number of carbonyl (C=O) groups is 1. The summed E-state index contributed by atoms with van der Waals surface area (Å²) in [7, 11) is 1.55. The highest BCUT2D eigenvalue weighted by Crippen LogP contribution is 2.33. The summed E-state index contributed by atoms with van der Waals surface area (Å²) in [5.41, 5.74) is 6.76. The van der Waals surface area contributed by atoms with Crippen molar-refractivity contribution in [2.45, 2.75) is 25.7 Å². The van der Waals surface area contributed by atoms with Crippen LogP contribution in [-0.2, 0) is 0 Å². The Morgan fingerprint density at radius 3 is 2.94 bits per heavy atom. The lowest BCUT2D eigenvalue weighted by Crippen LogP contribution is -2.25. The summed E-state index contributed by atoms with van der Waals surface area (Å²) in [6.45, 7) is 0.716. The molecule has 1 aromatic rings. The number of benzene rings is 1. The molecule has 18 heavy (non-hydrogen) atoms. The summed E-state index contributed by atoms with van der Waals surface area (Å²) < 4.78 is 5.16. The van der Waals surface area contributed by atoms with E-state index >= 15 is 0 Å². The highest BCUT2D eigenvalue weighted by Gasteiger charge is 2.20. The first kappa shape index (κ1) is 12.7.